The molecular formula is C41H25N5S. The van der Waals surface area contributed by atoms with Crippen LogP contribution in [-0.4, -0.2) is 24.9 Å². The molecule has 0 aliphatic heterocycles. The Labute approximate surface area is 275 Å². The van der Waals surface area contributed by atoms with Crippen LogP contribution in [0.3, 0.4) is 0 Å². The molecule has 0 unspecified atom stereocenters. The van der Waals surface area contributed by atoms with Crippen molar-refractivity contribution in [2.75, 3.05) is 0 Å². The van der Waals surface area contributed by atoms with E-state index >= 15 is 0 Å². The lowest BCUT2D eigenvalue weighted by Crippen LogP contribution is -2.00. The van der Waals surface area contributed by atoms with Crippen molar-refractivity contribution >= 4 is 42.3 Å². The van der Waals surface area contributed by atoms with Crippen LogP contribution in [0.1, 0.15) is 0 Å². The second-order valence-electron chi connectivity index (χ2n) is 11.4. The number of rotatable bonds is 5. The minimum absolute atomic E-state index is 0.634. The van der Waals surface area contributed by atoms with Gasteiger partial charge < -0.3 is 0 Å². The molecule has 0 radical (unpaired) electrons. The molecule has 0 aliphatic rings. The summed E-state index contributed by atoms with van der Waals surface area (Å²) in [6.45, 7) is 0. The standard InChI is InChI=1S/C41H25N5S/c1-3-10-26(11-4-1)39-44-40(27-12-5-2-6-13-27)46-41(45-39)31-15-9-14-28(22-31)29-18-19-30-24-34(43-25-32(30)23-29)38-37-33-16-7-8-17-35(33)47-36(37)20-21-42-38/h1-25H. The van der Waals surface area contributed by atoms with Crippen LogP contribution in [0, 0.1) is 0 Å². The molecule has 0 atom stereocenters. The lowest BCUT2D eigenvalue weighted by Gasteiger charge is -2.10. The van der Waals surface area contributed by atoms with Crippen LogP contribution in [0.25, 0.3) is 87.6 Å². The predicted molar refractivity (Wildman–Crippen MR) is 193 cm³/mol. The van der Waals surface area contributed by atoms with Crippen LogP contribution >= 0.6 is 11.3 Å². The number of aromatic nitrogens is 5. The third-order valence-corrected chi connectivity index (χ3v) is 9.54. The Morgan fingerprint density at radius 3 is 1.83 bits per heavy atom. The van der Waals surface area contributed by atoms with Gasteiger partial charge in [-0.1, -0.05) is 109 Å². The summed E-state index contributed by atoms with van der Waals surface area (Å²) in [5.41, 5.74) is 6.79. The Kier molecular flexibility index (Phi) is 6.58. The first-order valence-corrected chi connectivity index (χ1v) is 16.2. The highest BCUT2D eigenvalue weighted by atomic mass is 32.1. The summed E-state index contributed by atoms with van der Waals surface area (Å²) in [7, 11) is 0. The van der Waals surface area contributed by atoms with Crippen LogP contribution < -0.4 is 0 Å². The molecule has 4 heterocycles. The van der Waals surface area contributed by atoms with Gasteiger partial charge in [-0.25, -0.2) is 15.0 Å². The molecule has 5 aromatic carbocycles. The van der Waals surface area contributed by atoms with Crippen LogP contribution in [0.4, 0.5) is 0 Å². The molecule has 4 aromatic heterocycles. The van der Waals surface area contributed by atoms with Crippen molar-refractivity contribution in [2.24, 2.45) is 0 Å². The number of benzene rings is 5. The summed E-state index contributed by atoms with van der Waals surface area (Å²) in [5, 5.41) is 4.57. The Morgan fingerprint density at radius 1 is 0.426 bits per heavy atom. The summed E-state index contributed by atoms with van der Waals surface area (Å²) in [6, 6.07) is 47.7. The largest absolute Gasteiger partial charge is 0.254 e. The lowest BCUT2D eigenvalue weighted by molar-refractivity contribution is 1.07. The van der Waals surface area contributed by atoms with Crippen LogP contribution in [0.5, 0.6) is 0 Å². The first-order chi connectivity index (χ1) is 23.3. The first kappa shape index (κ1) is 27.2. The monoisotopic (exact) mass is 619 g/mol. The van der Waals surface area contributed by atoms with Crippen molar-refractivity contribution < 1.29 is 0 Å². The van der Waals surface area contributed by atoms with Crippen LogP contribution in [0.2, 0.25) is 0 Å². The number of nitrogens with zero attached hydrogens (tertiary/aromatic N) is 5. The van der Waals surface area contributed by atoms with Crippen molar-refractivity contribution in [1.82, 2.24) is 24.9 Å². The minimum atomic E-state index is 0.634. The highest BCUT2D eigenvalue weighted by Gasteiger charge is 2.15. The molecule has 0 aliphatic carbocycles. The molecular weight excluding hydrogens is 595 g/mol. The molecule has 0 saturated carbocycles. The summed E-state index contributed by atoms with van der Waals surface area (Å²) < 4.78 is 2.48. The first-order valence-electron chi connectivity index (χ1n) is 15.4. The number of thiophene rings is 1. The Hall–Kier alpha value is -6.11. The SMILES string of the molecule is c1ccc(-c2nc(-c3ccccc3)nc(-c3cccc(-c4ccc5cc(-c6nccc7sc8ccccc8c67)ncc5c4)c3)n2)cc1. The molecule has 0 amide bonds. The summed E-state index contributed by atoms with van der Waals surface area (Å²) in [6.07, 6.45) is 3.84. The maximum Gasteiger partial charge on any atom is 0.164 e. The summed E-state index contributed by atoms with van der Waals surface area (Å²) >= 11 is 1.79. The molecule has 0 bridgehead atoms. The van der Waals surface area contributed by atoms with Crippen molar-refractivity contribution in [3.05, 3.63) is 152 Å². The van der Waals surface area contributed by atoms with Gasteiger partial charge in [0.1, 0.15) is 0 Å². The molecule has 9 aromatic rings. The zero-order chi connectivity index (χ0) is 31.2. The van der Waals surface area contributed by atoms with Gasteiger partial charge in [-0.05, 0) is 46.8 Å². The quantitative estimate of drug-likeness (QED) is 0.192. The number of fused-ring (bicyclic) bond motifs is 4. The fourth-order valence-corrected chi connectivity index (χ4v) is 7.19. The maximum absolute atomic E-state index is 4.92. The van der Waals surface area contributed by atoms with Gasteiger partial charge in [-0.2, -0.15) is 0 Å². The zero-order valence-corrected chi connectivity index (χ0v) is 25.9. The van der Waals surface area contributed by atoms with E-state index < -0.39 is 0 Å². The van der Waals surface area contributed by atoms with Crippen molar-refractivity contribution in [2.45, 2.75) is 0 Å². The molecule has 0 N–H and O–H groups in total. The van der Waals surface area contributed by atoms with Gasteiger partial charge in [0.05, 0.1) is 11.4 Å². The van der Waals surface area contributed by atoms with Gasteiger partial charge in [0.25, 0.3) is 0 Å². The molecule has 0 spiro atoms. The van der Waals surface area contributed by atoms with Crippen molar-refractivity contribution in [3.8, 4) is 56.7 Å². The third kappa shape index (κ3) is 5.01. The lowest BCUT2D eigenvalue weighted by atomic mass is 9.99. The van der Waals surface area contributed by atoms with E-state index in [1.807, 2.05) is 73.1 Å². The minimum Gasteiger partial charge on any atom is -0.254 e. The number of hydrogen-bond donors (Lipinski definition) is 0. The Morgan fingerprint density at radius 2 is 1.06 bits per heavy atom. The topological polar surface area (TPSA) is 64.5 Å². The van der Waals surface area contributed by atoms with E-state index in [0.29, 0.717) is 17.5 Å². The summed E-state index contributed by atoms with van der Waals surface area (Å²) in [4.78, 5) is 24.4. The van der Waals surface area contributed by atoms with Crippen molar-refractivity contribution in [1.29, 1.82) is 0 Å². The van der Waals surface area contributed by atoms with E-state index in [9.17, 15) is 0 Å². The van der Waals surface area contributed by atoms with Crippen LogP contribution in [0.15, 0.2) is 152 Å². The zero-order valence-electron chi connectivity index (χ0n) is 25.1. The normalized spacial score (nSPS) is 11.4. The van der Waals surface area contributed by atoms with E-state index in [-0.39, 0.29) is 0 Å². The van der Waals surface area contributed by atoms with Gasteiger partial charge in [-0.3, -0.25) is 9.97 Å². The van der Waals surface area contributed by atoms with Gasteiger partial charge in [0.15, 0.2) is 17.5 Å². The molecule has 220 valence electrons. The second-order valence-corrected chi connectivity index (χ2v) is 12.5. The molecule has 5 nitrogen and oxygen atoms in total. The van der Waals surface area contributed by atoms with Gasteiger partial charge in [-0.15, -0.1) is 11.3 Å². The van der Waals surface area contributed by atoms with Crippen LogP contribution in [-0.2, 0) is 0 Å². The molecule has 47 heavy (non-hydrogen) atoms. The smallest absolute Gasteiger partial charge is 0.164 e. The van der Waals surface area contributed by atoms with E-state index in [1.165, 1.54) is 14.8 Å². The Balaban J connectivity index is 1.10. The molecule has 0 saturated heterocycles. The molecule has 9 rings (SSSR count). The van der Waals surface area contributed by atoms with E-state index in [4.69, 9.17) is 24.9 Å². The molecule has 0 fully saturated rings. The van der Waals surface area contributed by atoms with Gasteiger partial charge in [0.2, 0.25) is 0 Å². The van der Waals surface area contributed by atoms with E-state index in [2.05, 4.69) is 78.9 Å². The summed E-state index contributed by atoms with van der Waals surface area (Å²) in [5.74, 6) is 1.93. The van der Waals surface area contributed by atoms with Gasteiger partial charge >= 0.3 is 0 Å². The average molecular weight is 620 g/mol. The number of pyridine rings is 2. The number of hydrogen-bond acceptors (Lipinski definition) is 6. The van der Waals surface area contributed by atoms with E-state index in [0.717, 1.165) is 55.4 Å². The fraction of sp³-hybridized carbons (Fsp3) is 0. The second kappa shape index (κ2) is 11.4. The Bertz CT molecular complexity index is 2520. The fourth-order valence-electron chi connectivity index (χ4n) is 6.09. The van der Waals surface area contributed by atoms with Crippen molar-refractivity contribution in [3.63, 3.8) is 0 Å². The van der Waals surface area contributed by atoms with Gasteiger partial charge in [0, 0.05) is 54.6 Å². The molecule has 6 heteroatoms. The highest BCUT2D eigenvalue weighted by molar-refractivity contribution is 7.25. The predicted octanol–water partition coefficient (Wildman–Crippen LogP) is 10.5. The maximum atomic E-state index is 4.92. The average Bonchev–Trinajstić information content (AvgIpc) is 3.54. The third-order valence-electron chi connectivity index (χ3n) is 8.41. The highest BCUT2D eigenvalue weighted by Crippen LogP contribution is 2.39. The van der Waals surface area contributed by atoms with E-state index in [1.54, 1.807) is 11.3 Å².